The summed E-state index contributed by atoms with van der Waals surface area (Å²) >= 11 is 11.8. The van der Waals surface area contributed by atoms with Crippen molar-refractivity contribution in [3.8, 4) is 0 Å². The van der Waals surface area contributed by atoms with Crippen molar-refractivity contribution in [3.63, 3.8) is 0 Å². The average Bonchev–Trinajstić information content (AvgIpc) is 2.09. The highest BCUT2D eigenvalue weighted by Gasteiger charge is 2.25. The predicted molar refractivity (Wildman–Crippen MR) is 65.6 cm³/mol. The second kappa shape index (κ2) is 4.73. The van der Waals surface area contributed by atoms with Gasteiger partial charge in [0, 0.05) is 16.5 Å². The van der Waals surface area contributed by atoms with Crippen LogP contribution in [0.3, 0.4) is 0 Å². The summed E-state index contributed by atoms with van der Waals surface area (Å²) in [6.07, 6.45) is 0.542. The van der Waals surface area contributed by atoms with Crippen LogP contribution in [0.25, 0.3) is 0 Å². The van der Waals surface area contributed by atoms with E-state index in [2.05, 4.69) is 0 Å². The summed E-state index contributed by atoms with van der Waals surface area (Å²) in [5.41, 5.74) is 0.192. The molecule has 0 radical (unpaired) electrons. The molecule has 3 heteroatoms. The highest BCUT2D eigenvalue weighted by Crippen LogP contribution is 2.27. The van der Waals surface area contributed by atoms with Crippen molar-refractivity contribution >= 4 is 23.2 Å². The lowest BCUT2D eigenvalue weighted by molar-refractivity contribution is 0.0140. The Labute approximate surface area is 101 Å². The van der Waals surface area contributed by atoms with Crippen molar-refractivity contribution in [1.29, 1.82) is 0 Å². The van der Waals surface area contributed by atoms with Gasteiger partial charge in [0.05, 0.1) is 5.60 Å². The zero-order valence-electron chi connectivity index (χ0n) is 9.22. The molecule has 1 aromatic rings. The average molecular weight is 247 g/mol. The van der Waals surface area contributed by atoms with Crippen molar-refractivity contribution in [2.24, 2.45) is 5.92 Å². The maximum Gasteiger partial charge on any atom is 0.0683 e. The van der Waals surface area contributed by atoms with E-state index in [-0.39, 0.29) is 5.92 Å². The molecular weight excluding hydrogens is 231 g/mol. The molecule has 15 heavy (non-hydrogen) atoms. The molecule has 0 saturated heterocycles. The van der Waals surface area contributed by atoms with E-state index in [1.54, 1.807) is 12.1 Å². The Morgan fingerprint density at radius 2 is 1.93 bits per heavy atom. The molecule has 1 rings (SSSR count). The topological polar surface area (TPSA) is 20.2 Å². The number of hydrogen-bond donors (Lipinski definition) is 1. The lowest BCUT2D eigenvalue weighted by Gasteiger charge is -2.28. The fourth-order valence-corrected chi connectivity index (χ4v) is 1.73. The van der Waals surface area contributed by atoms with Crippen molar-refractivity contribution in [3.05, 3.63) is 33.8 Å². The highest BCUT2D eigenvalue weighted by molar-refractivity contribution is 6.35. The summed E-state index contributed by atoms with van der Waals surface area (Å²) in [7, 11) is 0. The van der Waals surface area contributed by atoms with E-state index in [0.717, 1.165) is 5.56 Å². The maximum atomic E-state index is 10.1. The smallest absolute Gasteiger partial charge is 0.0683 e. The predicted octanol–water partition coefficient (Wildman–Crippen LogP) is 3.94. The summed E-state index contributed by atoms with van der Waals surface area (Å²) in [6, 6.07) is 5.36. The Bertz CT molecular complexity index is 345. The highest BCUT2D eigenvalue weighted by atomic mass is 35.5. The van der Waals surface area contributed by atoms with Crippen molar-refractivity contribution in [1.82, 2.24) is 0 Å². The third-order valence-corrected chi connectivity index (χ3v) is 3.39. The van der Waals surface area contributed by atoms with Crippen LogP contribution in [0.4, 0.5) is 0 Å². The van der Waals surface area contributed by atoms with Gasteiger partial charge in [0.1, 0.15) is 0 Å². The standard InChI is InChI=1S/C12H16Cl2O/c1-8(2)12(3,15)7-9-4-5-10(13)6-11(9)14/h4-6,8,15H,7H2,1-3H3. The van der Waals surface area contributed by atoms with Crippen LogP contribution in [-0.2, 0) is 6.42 Å². The molecular formula is C12H16Cl2O. The first-order valence-electron chi connectivity index (χ1n) is 4.99. The lowest BCUT2D eigenvalue weighted by atomic mass is 9.86. The van der Waals surface area contributed by atoms with Crippen LogP contribution in [-0.4, -0.2) is 10.7 Å². The Kier molecular flexibility index (Phi) is 4.05. The largest absolute Gasteiger partial charge is 0.390 e. The molecule has 0 amide bonds. The molecule has 1 aromatic carbocycles. The van der Waals surface area contributed by atoms with Gasteiger partial charge in [0.25, 0.3) is 0 Å². The fraction of sp³-hybridized carbons (Fsp3) is 0.500. The summed E-state index contributed by atoms with van der Waals surface area (Å²) in [5.74, 6) is 0.184. The van der Waals surface area contributed by atoms with E-state index in [1.807, 2.05) is 26.8 Å². The van der Waals surface area contributed by atoms with Crippen LogP contribution in [0.1, 0.15) is 26.3 Å². The van der Waals surface area contributed by atoms with Crippen molar-refractivity contribution in [2.75, 3.05) is 0 Å². The van der Waals surface area contributed by atoms with Gasteiger partial charge in [-0.15, -0.1) is 0 Å². The van der Waals surface area contributed by atoms with Gasteiger partial charge >= 0.3 is 0 Å². The van der Waals surface area contributed by atoms with Crippen molar-refractivity contribution < 1.29 is 5.11 Å². The van der Waals surface area contributed by atoms with Gasteiger partial charge in [-0.1, -0.05) is 43.1 Å². The molecule has 0 heterocycles. The molecule has 0 aromatic heterocycles. The van der Waals surface area contributed by atoms with Crippen LogP contribution < -0.4 is 0 Å². The number of halogens is 2. The number of aliphatic hydroxyl groups is 1. The normalized spacial score (nSPS) is 15.4. The summed E-state index contributed by atoms with van der Waals surface area (Å²) < 4.78 is 0. The van der Waals surface area contributed by atoms with Gasteiger partial charge in [-0.3, -0.25) is 0 Å². The molecule has 1 atom stereocenters. The maximum absolute atomic E-state index is 10.1. The zero-order valence-corrected chi connectivity index (χ0v) is 10.7. The Balaban J connectivity index is 2.90. The van der Waals surface area contributed by atoms with Gasteiger partial charge in [-0.2, -0.15) is 0 Å². The first-order valence-corrected chi connectivity index (χ1v) is 5.75. The molecule has 1 N–H and O–H groups in total. The van der Waals surface area contributed by atoms with Crippen LogP contribution in [0.15, 0.2) is 18.2 Å². The van der Waals surface area contributed by atoms with Crippen LogP contribution >= 0.6 is 23.2 Å². The second-order valence-electron chi connectivity index (χ2n) is 4.42. The second-order valence-corrected chi connectivity index (χ2v) is 5.27. The molecule has 0 bridgehead atoms. The quantitative estimate of drug-likeness (QED) is 0.857. The number of rotatable bonds is 3. The Morgan fingerprint density at radius 3 is 2.40 bits per heavy atom. The molecule has 1 nitrogen and oxygen atoms in total. The van der Waals surface area contributed by atoms with Crippen LogP contribution in [0.5, 0.6) is 0 Å². The SMILES string of the molecule is CC(C)C(C)(O)Cc1ccc(Cl)cc1Cl. The van der Waals surface area contributed by atoms with Crippen LogP contribution in [0.2, 0.25) is 10.0 Å². The number of hydrogen-bond acceptors (Lipinski definition) is 1. The van der Waals surface area contributed by atoms with E-state index >= 15 is 0 Å². The minimum absolute atomic E-state index is 0.184. The third-order valence-electron chi connectivity index (χ3n) is 2.81. The van der Waals surface area contributed by atoms with Gasteiger partial charge in [0.2, 0.25) is 0 Å². The Hall–Kier alpha value is -0.240. The molecule has 0 aliphatic rings. The summed E-state index contributed by atoms with van der Waals surface area (Å²) in [4.78, 5) is 0. The molecule has 0 saturated carbocycles. The first kappa shape index (κ1) is 12.8. The lowest BCUT2D eigenvalue weighted by Crippen LogP contribution is -2.33. The summed E-state index contributed by atoms with van der Waals surface area (Å²) in [5, 5.41) is 11.4. The van der Waals surface area contributed by atoms with Gasteiger partial charge < -0.3 is 5.11 Å². The molecule has 0 aliphatic carbocycles. The van der Waals surface area contributed by atoms with E-state index in [1.165, 1.54) is 0 Å². The summed E-state index contributed by atoms with van der Waals surface area (Å²) in [6.45, 7) is 5.80. The van der Waals surface area contributed by atoms with Gasteiger partial charge in [-0.05, 0) is 30.5 Å². The molecule has 0 fully saturated rings. The van der Waals surface area contributed by atoms with Crippen molar-refractivity contribution in [2.45, 2.75) is 32.8 Å². The molecule has 84 valence electrons. The fourth-order valence-electron chi connectivity index (χ4n) is 1.25. The Morgan fingerprint density at radius 1 is 1.33 bits per heavy atom. The molecule has 1 unspecified atom stereocenters. The molecule has 0 aliphatic heterocycles. The van der Waals surface area contributed by atoms with Crippen LogP contribution in [0, 0.1) is 5.92 Å². The van der Waals surface area contributed by atoms with E-state index < -0.39 is 5.60 Å². The van der Waals surface area contributed by atoms with E-state index in [0.29, 0.717) is 16.5 Å². The van der Waals surface area contributed by atoms with E-state index in [4.69, 9.17) is 23.2 Å². The first-order chi connectivity index (χ1) is 6.83. The minimum Gasteiger partial charge on any atom is -0.390 e. The van der Waals surface area contributed by atoms with Gasteiger partial charge in [-0.25, -0.2) is 0 Å². The minimum atomic E-state index is -0.739. The number of benzene rings is 1. The zero-order chi connectivity index (χ0) is 11.6. The van der Waals surface area contributed by atoms with Gasteiger partial charge in [0.15, 0.2) is 0 Å². The van der Waals surface area contributed by atoms with E-state index in [9.17, 15) is 5.11 Å². The molecule has 0 spiro atoms. The monoisotopic (exact) mass is 246 g/mol. The third kappa shape index (κ3) is 3.37.